The number of carbonyl (C=O) groups excluding carboxylic acids is 2. The summed E-state index contributed by atoms with van der Waals surface area (Å²) in [6.07, 6.45) is 0.470. The van der Waals surface area contributed by atoms with Gasteiger partial charge in [-0.2, -0.15) is 4.98 Å². The minimum absolute atomic E-state index is 0.00883. The number of ether oxygens (including phenoxy) is 1. The van der Waals surface area contributed by atoms with E-state index in [0.717, 1.165) is 30.1 Å². The number of carbonyl (C=O) groups is 2. The summed E-state index contributed by atoms with van der Waals surface area (Å²) in [6.45, 7) is 2.82. The molecule has 9 nitrogen and oxygen atoms in total. The molecule has 0 aliphatic carbocycles. The van der Waals surface area contributed by atoms with Gasteiger partial charge in [-0.1, -0.05) is 23.4 Å². The molecule has 2 heterocycles. The molecule has 0 atom stereocenters. The fourth-order valence-corrected chi connectivity index (χ4v) is 3.66. The topological polar surface area (TPSA) is 101 Å². The molecule has 0 radical (unpaired) electrons. The summed E-state index contributed by atoms with van der Waals surface area (Å²) < 4.78 is 10.4. The Balaban J connectivity index is 1.18. The van der Waals surface area contributed by atoms with Crippen LogP contribution in [0.5, 0.6) is 5.75 Å². The molecule has 1 fully saturated rings. The molecule has 0 saturated carbocycles. The van der Waals surface area contributed by atoms with Crippen molar-refractivity contribution < 1.29 is 18.8 Å². The van der Waals surface area contributed by atoms with Gasteiger partial charge in [0.15, 0.2) is 0 Å². The van der Waals surface area contributed by atoms with E-state index in [1.807, 2.05) is 42.5 Å². The predicted molar refractivity (Wildman–Crippen MR) is 123 cm³/mol. The third-order valence-electron chi connectivity index (χ3n) is 5.57. The van der Waals surface area contributed by atoms with Gasteiger partial charge in [-0.15, -0.1) is 0 Å². The van der Waals surface area contributed by atoms with Gasteiger partial charge in [0.1, 0.15) is 5.75 Å². The molecule has 33 heavy (non-hydrogen) atoms. The van der Waals surface area contributed by atoms with E-state index in [9.17, 15) is 9.59 Å². The largest absolute Gasteiger partial charge is 0.497 e. The number of amides is 2. The summed E-state index contributed by atoms with van der Waals surface area (Å²) in [6, 6.07) is 17.5. The lowest BCUT2D eigenvalue weighted by Gasteiger charge is -2.36. The second kappa shape index (κ2) is 10.6. The Hall–Kier alpha value is -3.88. The number of nitrogens with zero attached hydrogens (tertiary/aromatic N) is 4. The molecule has 0 spiro atoms. The molecular formula is C24H27N5O4. The van der Waals surface area contributed by atoms with Crippen LogP contribution >= 0.6 is 0 Å². The maximum Gasteiger partial charge on any atom is 0.242 e. The number of piperazine rings is 1. The number of hydrogen-bond donors (Lipinski definition) is 1. The number of anilines is 1. The van der Waals surface area contributed by atoms with E-state index in [4.69, 9.17) is 9.26 Å². The van der Waals surface area contributed by atoms with Crippen LogP contribution < -0.4 is 15.0 Å². The standard InChI is InChI=1S/C24H27N5O4/c1-32-20-9-7-18(8-10-20)24-26-22(33-27-24)12-11-21(30)25-17-23(31)29-15-13-28(14-16-29)19-5-3-2-4-6-19/h2-10H,11-17H2,1H3,(H,25,30). The summed E-state index contributed by atoms with van der Waals surface area (Å²) >= 11 is 0. The summed E-state index contributed by atoms with van der Waals surface area (Å²) in [5.74, 6) is 1.27. The fourth-order valence-electron chi connectivity index (χ4n) is 3.66. The van der Waals surface area contributed by atoms with Crippen molar-refractivity contribution in [1.29, 1.82) is 0 Å². The van der Waals surface area contributed by atoms with Gasteiger partial charge in [0, 0.05) is 50.3 Å². The van der Waals surface area contributed by atoms with Crippen molar-refractivity contribution in [3.05, 3.63) is 60.5 Å². The van der Waals surface area contributed by atoms with Gasteiger partial charge in [-0.25, -0.2) is 0 Å². The van der Waals surface area contributed by atoms with Gasteiger partial charge in [-0.05, 0) is 36.4 Å². The first-order valence-corrected chi connectivity index (χ1v) is 10.9. The van der Waals surface area contributed by atoms with Crippen LogP contribution in [-0.4, -0.2) is 66.7 Å². The zero-order valence-electron chi connectivity index (χ0n) is 18.6. The fraction of sp³-hybridized carbons (Fsp3) is 0.333. The molecular weight excluding hydrogens is 422 g/mol. The normalized spacial score (nSPS) is 13.6. The lowest BCUT2D eigenvalue weighted by Crippen LogP contribution is -2.51. The lowest BCUT2D eigenvalue weighted by molar-refractivity contribution is -0.133. The average Bonchev–Trinajstić information content (AvgIpc) is 3.36. The molecule has 172 valence electrons. The van der Waals surface area contributed by atoms with Gasteiger partial charge >= 0.3 is 0 Å². The molecule has 1 aliphatic heterocycles. The Morgan fingerprint density at radius 3 is 2.45 bits per heavy atom. The third-order valence-corrected chi connectivity index (χ3v) is 5.57. The quantitative estimate of drug-likeness (QED) is 0.562. The first kappa shape index (κ1) is 22.3. The van der Waals surface area contributed by atoms with E-state index in [-0.39, 0.29) is 24.8 Å². The lowest BCUT2D eigenvalue weighted by atomic mass is 10.2. The number of aryl methyl sites for hydroxylation is 1. The van der Waals surface area contributed by atoms with E-state index < -0.39 is 0 Å². The van der Waals surface area contributed by atoms with Crippen LogP contribution in [0, 0.1) is 0 Å². The minimum atomic E-state index is -0.226. The number of aromatic nitrogens is 2. The molecule has 2 aromatic carbocycles. The molecule has 1 aliphatic rings. The van der Waals surface area contributed by atoms with Crippen LogP contribution in [0.4, 0.5) is 5.69 Å². The Labute approximate surface area is 192 Å². The predicted octanol–water partition coefficient (Wildman–Crippen LogP) is 2.14. The zero-order valence-corrected chi connectivity index (χ0v) is 18.6. The van der Waals surface area contributed by atoms with Crippen LogP contribution in [0.1, 0.15) is 12.3 Å². The Bertz CT molecular complexity index is 1060. The van der Waals surface area contributed by atoms with Gasteiger partial charge < -0.3 is 24.4 Å². The van der Waals surface area contributed by atoms with Crippen LogP contribution in [0.25, 0.3) is 11.4 Å². The first-order chi connectivity index (χ1) is 16.1. The van der Waals surface area contributed by atoms with Crippen molar-refractivity contribution in [2.75, 3.05) is 44.7 Å². The molecule has 0 unspecified atom stereocenters. The molecule has 1 saturated heterocycles. The number of methoxy groups -OCH3 is 1. The molecule has 1 N–H and O–H groups in total. The molecule has 2 amide bonds. The summed E-state index contributed by atoms with van der Waals surface area (Å²) in [5, 5.41) is 6.66. The molecule has 9 heteroatoms. The maximum atomic E-state index is 12.5. The summed E-state index contributed by atoms with van der Waals surface area (Å²) in [5.41, 5.74) is 1.96. The number of para-hydroxylation sites is 1. The SMILES string of the molecule is COc1ccc(-c2noc(CCC(=O)NCC(=O)N3CCN(c4ccccc4)CC3)n2)cc1. The van der Waals surface area contributed by atoms with Crippen LogP contribution in [-0.2, 0) is 16.0 Å². The summed E-state index contributed by atoms with van der Waals surface area (Å²) in [4.78, 5) is 33.0. The minimum Gasteiger partial charge on any atom is -0.497 e. The summed E-state index contributed by atoms with van der Waals surface area (Å²) in [7, 11) is 1.60. The number of hydrogen-bond acceptors (Lipinski definition) is 7. The second-order valence-corrected chi connectivity index (χ2v) is 7.72. The number of rotatable bonds is 8. The average molecular weight is 450 g/mol. The van der Waals surface area contributed by atoms with Crippen LogP contribution in [0.2, 0.25) is 0 Å². The van der Waals surface area contributed by atoms with Crippen molar-refractivity contribution in [2.45, 2.75) is 12.8 Å². The molecule has 0 bridgehead atoms. The maximum absolute atomic E-state index is 12.5. The Morgan fingerprint density at radius 2 is 1.76 bits per heavy atom. The molecule has 1 aromatic heterocycles. The van der Waals surface area contributed by atoms with Gasteiger partial charge in [-0.3, -0.25) is 9.59 Å². The highest BCUT2D eigenvalue weighted by Gasteiger charge is 2.21. The molecule has 3 aromatic rings. The smallest absolute Gasteiger partial charge is 0.242 e. The van der Waals surface area contributed by atoms with Crippen LogP contribution in [0.15, 0.2) is 59.1 Å². The first-order valence-electron chi connectivity index (χ1n) is 10.9. The van der Waals surface area contributed by atoms with Crippen molar-refractivity contribution in [2.24, 2.45) is 0 Å². The Morgan fingerprint density at radius 1 is 1.03 bits per heavy atom. The van der Waals surface area contributed by atoms with Crippen molar-refractivity contribution >= 4 is 17.5 Å². The monoisotopic (exact) mass is 449 g/mol. The van der Waals surface area contributed by atoms with Gasteiger partial charge in [0.05, 0.1) is 13.7 Å². The van der Waals surface area contributed by atoms with E-state index in [1.165, 1.54) is 0 Å². The highest BCUT2D eigenvalue weighted by atomic mass is 16.5. The van der Waals surface area contributed by atoms with E-state index in [1.54, 1.807) is 12.0 Å². The number of nitrogens with one attached hydrogen (secondary N) is 1. The zero-order chi connectivity index (χ0) is 23.0. The van der Waals surface area contributed by atoms with E-state index >= 15 is 0 Å². The second-order valence-electron chi connectivity index (χ2n) is 7.72. The van der Waals surface area contributed by atoms with Crippen molar-refractivity contribution in [3.63, 3.8) is 0 Å². The third kappa shape index (κ3) is 5.88. The number of benzene rings is 2. The van der Waals surface area contributed by atoms with E-state index in [2.05, 4.69) is 32.5 Å². The highest BCUT2D eigenvalue weighted by Crippen LogP contribution is 2.20. The van der Waals surface area contributed by atoms with Gasteiger partial charge in [0.2, 0.25) is 23.5 Å². The van der Waals surface area contributed by atoms with Crippen molar-refractivity contribution in [1.82, 2.24) is 20.4 Å². The van der Waals surface area contributed by atoms with E-state index in [0.29, 0.717) is 31.2 Å². The highest BCUT2D eigenvalue weighted by molar-refractivity contribution is 5.85. The van der Waals surface area contributed by atoms with Crippen LogP contribution in [0.3, 0.4) is 0 Å². The van der Waals surface area contributed by atoms with Crippen molar-refractivity contribution in [3.8, 4) is 17.1 Å². The van der Waals surface area contributed by atoms with Gasteiger partial charge in [0.25, 0.3) is 0 Å². The molecule has 4 rings (SSSR count). The Kier molecular flexibility index (Phi) is 7.19.